The normalized spacial score (nSPS) is 10.2. The molecule has 2 rings (SSSR count). The summed E-state index contributed by atoms with van der Waals surface area (Å²) >= 11 is 5.90. The molecule has 0 saturated carbocycles. The molecule has 0 radical (unpaired) electrons. The van der Waals surface area contributed by atoms with Crippen molar-refractivity contribution in [1.82, 2.24) is 0 Å². The fourth-order valence-electron chi connectivity index (χ4n) is 1.70. The molecule has 0 aromatic heterocycles. The van der Waals surface area contributed by atoms with Crippen LogP contribution in [0, 0.1) is 6.92 Å². The highest BCUT2D eigenvalue weighted by Crippen LogP contribution is 2.22. The van der Waals surface area contributed by atoms with E-state index in [0.717, 1.165) is 5.56 Å². The summed E-state index contributed by atoms with van der Waals surface area (Å²) in [5, 5.41) is 3.23. The van der Waals surface area contributed by atoms with E-state index in [1.807, 2.05) is 31.2 Å². The zero-order valence-electron chi connectivity index (χ0n) is 10.6. The summed E-state index contributed by atoms with van der Waals surface area (Å²) in [6.45, 7) is 2.01. The Bertz CT molecular complexity index is 594. The first-order valence-electron chi connectivity index (χ1n) is 5.95. The number of nitrogens with one attached hydrogen (secondary N) is 1. The summed E-state index contributed by atoms with van der Waals surface area (Å²) in [4.78, 5) is 11.9. The summed E-state index contributed by atoms with van der Waals surface area (Å²) in [6.07, 6.45) is 0.336. The Hall–Kier alpha value is -2.00. The molecule has 2 aromatic carbocycles. The first-order chi connectivity index (χ1) is 9.04. The van der Waals surface area contributed by atoms with Crippen LogP contribution < -0.4 is 11.1 Å². The van der Waals surface area contributed by atoms with Crippen LogP contribution in [-0.4, -0.2) is 5.91 Å². The van der Waals surface area contributed by atoms with E-state index < -0.39 is 0 Å². The second-order valence-corrected chi connectivity index (χ2v) is 4.85. The molecule has 0 heterocycles. The summed E-state index contributed by atoms with van der Waals surface area (Å²) in [7, 11) is 0. The van der Waals surface area contributed by atoms with Gasteiger partial charge in [-0.05, 0) is 30.7 Å². The number of hydrogen-bond acceptors (Lipinski definition) is 2. The van der Waals surface area contributed by atoms with Gasteiger partial charge in [-0.3, -0.25) is 4.79 Å². The van der Waals surface area contributed by atoms with Gasteiger partial charge in [-0.1, -0.05) is 41.4 Å². The van der Waals surface area contributed by atoms with Gasteiger partial charge in [0, 0.05) is 5.69 Å². The Morgan fingerprint density at radius 1 is 1.21 bits per heavy atom. The van der Waals surface area contributed by atoms with E-state index in [1.165, 1.54) is 5.56 Å². The third-order valence-electron chi connectivity index (χ3n) is 2.77. The topological polar surface area (TPSA) is 55.1 Å². The highest BCUT2D eigenvalue weighted by Gasteiger charge is 2.05. The van der Waals surface area contributed by atoms with Crippen molar-refractivity contribution >= 4 is 28.9 Å². The van der Waals surface area contributed by atoms with E-state index in [0.29, 0.717) is 22.8 Å². The van der Waals surface area contributed by atoms with Crippen LogP contribution in [0.4, 0.5) is 11.4 Å². The van der Waals surface area contributed by atoms with Crippen molar-refractivity contribution < 1.29 is 4.79 Å². The average molecular weight is 275 g/mol. The summed E-state index contributed by atoms with van der Waals surface area (Å²) in [6, 6.07) is 12.9. The third-order valence-corrected chi connectivity index (χ3v) is 3.10. The average Bonchev–Trinajstić information content (AvgIpc) is 2.37. The standard InChI is InChI=1S/C15H15ClN2O/c1-10-2-4-11(5-3-10)8-15(19)18-12-6-7-14(17)13(16)9-12/h2-7,9H,8,17H2,1H3,(H,18,19). The number of hydrogen-bond donors (Lipinski definition) is 2. The van der Waals surface area contributed by atoms with Crippen molar-refractivity contribution in [2.75, 3.05) is 11.1 Å². The van der Waals surface area contributed by atoms with Crippen molar-refractivity contribution in [1.29, 1.82) is 0 Å². The van der Waals surface area contributed by atoms with Gasteiger partial charge in [0.25, 0.3) is 0 Å². The molecule has 0 aliphatic rings. The molecule has 3 N–H and O–H groups in total. The highest BCUT2D eigenvalue weighted by atomic mass is 35.5. The van der Waals surface area contributed by atoms with Crippen molar-refractivity contribution in [2.45, 2.75) is 13.3 Å². The van der Waals surface area contributed by atoms with Crippen LogP contribution in [0.25, 0.3) is 0 Å². The van der Waals surface area contributed by atoms with E-state index >= 15 is 0 Å². The Labute approximate surface area is 117 Å². The van der Waals surface area contributed by atoms with Crippen LogP contribution in [-0.2, 0) is 11.2 Å². The lowest BCUT2D eigenvalue weighted by Gasteiger charge is -2.07. The number of halogens is 1. The monoisotopic (exact) mass is 274 g/mol. The van der Waals surface area contributed by atoms with E-state index in [-0.39, 0.29) is 5.91 Å². The van der Waals surface area contributed by atoms with Crippen LogP contribution in [0.3, 0.4) is 0 Å². The molecule has 0 atom stereocenters. The van der Waals surface area contributed by atoms with E-state index in [2.05, 4.69) is 5.32 Å². The van der Waals surface area contributed by atoms with Crippen LogP contribution in [0.1, 0.15) is 11.1 Å². The Balaban J connectivity index is 2.01. The SMILES string of the molecule is Cc1ccc(CC(=O)Nc2ccc(N)c(Cl)c2)cc1. The molecule has 0 aliphatic carbocycles. The van der Waals surface area contributed by atoms with Crippen molar-refractivity contribution in [3.8, 4) is 0 Å². The fraction of sp³-hybridized carbons (Fsp3) is 0.133. The number of nitrogens with two attached hydrogens (primary N) is 1. The molecule has 0 fully saturated rings. The molecule has 4 heteroatoms. The van der Waals surface area contributed by atoms with Crippen molar-refractivity contribution in [3.63, 3.8) is 0 Å². The maximum Gasteiger partial charge on any atom is 0.228 e. The number of amides is 1. The van der Waals surface area contributed by atoms with Gasteiger partial charge < -0.3 is 11.1 Å². The van der Waals surface area contributed by atoms with Gasteiger partial charge in [-0.15, -0.1) is 0 Å². The molecule has 0 spiro atoms. The molecule has 19 heavy (non-hydrogen) atoms. The van der Waals surface area contributed by atoms with Crippen molar-refractivity contribution in [2.24, 2.45) is 0 Å². The van der Waals surface area contributed by atoms with Gasteiger partial charge in [0.15, 0.2) is 0 Å². The van der Waals surface area contributed by atoms with E-state index in [4.69, 9.17) is 17.3 Å². The van der Waals surface area contributed by atoms with Gasteiger partial charge in [0.1, 0.15) is 0 Å². The van der Waals surface area contributed by atoms with E-state index in [9.17, 15) is 4.79 Å². The quantitative estimate of drug-likeness (QED) is 0.843. The van der Waals surface area contributed by atoms with Crippen LogP contribution in [0.5, 0.6) is 0 Å². The zero-order valence-corrected chi connectivity index (χ0v) is 11.4. The number of carbonyl (C=O) groups excluding carboxylic acids is 1. The molecule has 98 valence electrons. The maximum atomic E-state index is 11.9. The van der Waals surface area contributed by atoms with Crippen LogP contribution >= 0.6 is 11.6 Å². The number of nitrogen functional groups attached to an aromatic ring is 1. The Morgan fingerprint density at radius 2 is 1.89 bits per heavy atom. The number of carbonyl (C=O) groups is 1. The lowest BCUT2D eigenvalue weighted by atomic mass is 10.1. The third kappa shape index (κ3) is 3.73. The molecule has 0 unspecified atom stereocenters. The number of aryl methyl sites for hydroxylation is 1. The van der Waals surface area contributed by atoms with Gasteiger partial charge >= 0.3 is 0 Å². The fourth-order valence-corrected chi connectivity index (χ4v) is 1.88. The van der Waals surface area contributed by atoms with Crippen LogP contribution in [0.2, 0.25) is 5.02 Å². The number of anilines is 2. The first kappa shape index (κ1) is 13.4. The molecular formula is C15H15ClN2O. The number of rotatable bonds is 3. The minimum atomic E-state index is -0.0790. The Kier molecular flexibility index (Phi) is 4.07. The van der Waals surface area contributed by atoms with Gasteiger partial charge in [-0.25, -0.2) is 0 Å². The van der Waals surface area contributed by atoms with Gasteiger partial charge in [0.2, 0.25) is 5.91 Å². The molecule has 0 saturated heterocycles. The minimum Gasteiger partial charge on any atom is -0.398 e. The molecule has 2 aromatic rings. The largest absolute Gasteiger partial charge is 0.398 e. The molecule has 0 aliphatic heterocycles. The zero-order chi connectivity index (χ0) is 13.8. The molecule has 1 amide bonds. The van der Waals surface area contributed by atoms with Gasteiger partial charge in [-0.2, -0.15) is 0 Å². The molecule has 3 nitrogen and oxygen atoms in total. The Morgan fingerprint density at radius 3 is 2.53 bits per heavy atom. The minimum absolute atomic E-state index is 0.0790. The molecular weight excluding hydrogens is 260 g/mol. The smallest absolute Gasteiger partial charge is 0.228 e. The van der Waals surface area contributed by atoms with Crippen LogP contribution in [0.15, 0.2) is 42.5 Å². The highest BCUT2D eigenvalue weighted by molar-refractivity contribution is 6.33. The summed E-state index contributed by atoms with van der Waals surface area (Å²) in [5.74, 6) is -0.0790. The second-order valence-electron chi connectivity index (χ2n) is 4.45. The predicted molar refractivity (Wildman–Crippen MR) is 79.4 cm³/mol. The lowest BCUT2D eigenvalue weighted by molar-refractivity contribution is -0.115. The predicted octanol–water partition coefficient (Wildman–Crippen LogP) is 3.41. The number of benzene rings is 2. The second kappa shape index (κ2) is 5.76. The van der Waals surface area contributed by atoms with E-state index in [1.54, 1.807) is 18.2 Å². The van der Waals surface area contributed by atoms with Gasteiger partial charge in [0.05, 0.1) is 17.1 Å². The lowest BCUT2D eigenvalue weighted by Crippen LogP contribution is -2.14. The maximum absolute atomic E-state index is 11.9. The summed E-state index contributed by atoms with van der Waals surface area (Å²) in [5.41, 5.74) is 8.91. The molecule has 0 bridgehead atoms. The summed E-state index contributed by atoms with van der Waals surface area (Å²) < 4.78 is 0. The van der Waals surface area contributed by atoms with Crippen molar-refractivity contribution in [3.05, 3.63) is 58.6 Å². The first-order valence-corrected chi connectivity index (χ1v) is 6.33.